The standard InChI is InChI=1S/C22H18F3N7O/c23-22(24,25)13-2-1-6-32-17(13)8-15(30-32)20-19-14(28-11-29-19)5-7-31(20)18-10-26-16(9-27-18)21(33)12-3-4-12/h1-2,6,8-12,20H,3-5,7H2,(H,28,29). The van der Waals surface area contributed by atoms with E-state index < -0.39 is 17.8 Å². The molecule has 8 nitrogen and oxygen atoms in total. The molecule has 1 aliphatic carbocycles. The average molecular weight is 453 g/mol. The Morgan fingerprint density at radius 1 is 1.15 bits per heavy atom. The van der Waals surface area contributed by atoms with Crippen molar-refractivity contribution in [2.75, 3.05) is 11.4 Å². The summed E-state index contributed by atoms with van der Waals surface area (Å²) >= 11 is 0. The minimum Gasteiger partial charge on any atom is -0.348 e. The zero-order chi connectivity index (χ0) is 22.7. The molecule has 1 aliphatic heterocycles. The van der Waals surface area contributed by atoms with E-state index in [0.29, 0.717) is 35.9 Å². The number of nitrogens with one attached hydrogen (secondary N) is 1. The quantitative estimate of drug-likeness (QED) is 0.475. The number of nitrogens with zero attached hydrogens (tertiary/aromatic N) is 6. The summed E-state index contributed by atoms with van der Waals surface area (Å²) in [5.41, 5.74) is 1.55. The first-order valence-corrected chi connectivity index (χ1v) is 10.6. The number of pyridine rings is 1. The van der Waals surface area contributed by atoms with Gasteiger partial charge in [0.2, 0.25) is 0 Å². The highest BCUT2D eigenvalue weighted by molar-refractivity contribution is 5.97. The summed E-state index contributed by atoms with van der Waals surface area (Å²) in [6.45, 7) is 0.532. The van der Waals surface area contributed by atoms with E-state index in [1.54, 1.807) is 6.33 Å². The van der Waals surface area contributed by atoms with Crippen LogP contribution in [0.5, 0.6) is 0 Å². The third-order valence-corrected chi connectivity index (χ3v) is 6.16. The lowest BCUT2D eigenvalue weighted by atomic mass is 9.99. The van der Waals surface area contributed by atoms with Crippen LogP contribution in [0.1, 0.15) is 52.0 Å². The van der Waals surface area contributed by atoms with Crippen molar-refractivity contribution in [1.29, 1.82) is 0 Å². The van der Waals surface area contributed by atoms with Gasteiger partial charge in [-0.3, -0.25) is 4.79 Å². The van der Waals surface area contributed by atoms with Crippen LogP contribution in [0, 0.1) is 5.92 Å². The fraction of sp³-hybridized carbons (Fsp3) is 0.318. The van der Waals surface area contributed by atoms with Gasteiger partial charge in [0.15, 0.2) is 5.78 Å². The van der Waals surface area contributed by atoms with Gasteiger partial charge >= 0.3 is 6.18 Å². The van der Waals surface area contributed by atoms with Crippen LogP contribution >= 0.6 is 0 Å². The Bertz CT molecular complexity index is 1350. The number of hydrogen-bond donors (Lipinski definition) is 1. The van der Waals surface area contributed by atoms with Crippen LogP contribution in [-0.2, 0) is 12.6 Å². The Labute approximate surface area is 185 Å². The number of carbonyl (C=O) groups is 1. The fourth-order valence-corrected chi connectivity index (χ4v) is 4.38. The van der Waals surface area contributed by atoms with Gasteiger partial charge in [-0.05, 0) is 31.0 Å². The van der Waals surface area contributed by atoms with E-state index in [2.05, 4.69) is 25.0 Å². The first kappa shape index (κ1) is 19.9. The molecule has 1 N–H and O–H groups in total. The molecule has 1 atom stereocenters. The lowest BCUT2D eigenvalue weighted by Crippen LogP contribution is -2.37. The van der Waals surface area contributed by atoms with Crippen molar-refractivity contribution >= 4 is 17.1 Å². The molecule has 33 heavy (non-hydrogen) atoms. The third kappa shape index (κ3) is 3.35. The number of imidazole rings is 1. The predicted octanol–water partition coefficient (Wildman–Crippen LogP) is 3.61. The molecular weight excluding hydrogens is 435 g/mol. The van der Waals surface area contributed by atoms with E-state index in [1.807, 2.05) is 4.90 Å². The van der Waals surface area contributed by atoms with Crippen LogP contribution in [0.15, 0.2) is 43.1 Å². The molecule has 168 valence electrons. The summed E-state index contributed by atoms with van der Waals surface area (Å²) < 4.78 is 41.9. The molecule has 5 heterocycles. The minimum atomic E-state index is -4.50. The highest BCUT2D eigenvalue weighted by Gasteiger charge is 2.37. The number of aromatic nitrogens is 6. The summed E-state index contributed by atoms with van der Waals surface area (Å²) in [6.07, 6.45) is 3.98. The molecule has 4 aromatic heterocycles. The van der Waals surface area contributed by atoms with Gasteiger partial charge in [0, 0.05) is 30.8 Å². The Balaban J connectivity index is 1.43. The molecule has 1 saturated carbocycles. The van der Waals surface area contributed by atoms with Crippen molar-refractivity contribution in [3.8, 4) is 0 Å². The Morgan fingerprint density at radius 3 is 2.73 bits per heavy atom. The number of rotatable bonds is 4. The Kier molecular flexibility index (Phi) is 4.29. The van der Waals surface area contributed by atoms with Crippen molar-refractivity contribution in [1.82, 2.24) is 29.5 Å². The first-order valence-electron chi connectivity index (χ1n) is 10.6. The van der Waals surface area contributed by atoms with Gasteiger partial charge in [0.05, 0.1) is 41.2 Å². The molecule has 1 fully saturated rings. The SMILES string of the molecule is O=C(c1cnc(N2CCc3[nH]cnc3C2c2cc3c(C(F)(F)F)cccn3n2)cn1)C1CC1. The van der Waals surface area contributed by atoms with Crippen LogP contribution in [0.2, 0.25) is 0 Å². The summed E-state index contributed by atoms with van der Waals surface area (Å²) in [4.78, 5) is 30.5. The smallest absolute Gasteiger partial charge is 0.348 e. The minimum absolute atomic E-state index is 0.00105. The zero-order valence-electron chi connectivity index (χ0n) is 17.3. The molecule has 0 saturated heterocycles. The molecule has 0 radical (unpaired) electrons. The van der Waals surface area contributed by atoms with Crippen molar-refractivity contribution in [2.24, 2.45) is 5.92 Å². The third-order valence-electron chi connectivity index (χ3n) is 6.16. The van der Waals surface area contributed by atoms with Crippen molar-refractivity contribution < 1.29 is 18.0 Å². The number of fused-ring (bicyclic) bond motifs is 2. The number of aromatic amines is 1. The number of anilines is 1. The number of hydrogen-bond acceptors (Lipinski definition) is 6. The van der Waals surface area contributed by atoms with Crippen LogP contribution in [0.4, 0.5) is 19.0 Å². The zero-order valence-corrected chi connectivity index (χ0v) is 17.3. The van der Waals surface area contributed by atoms with E-state index in [4.69, 9.17) is 0 Å². The largest absolute Gasteiger partial charge is 0.418 e. The monoisotopic (exact) mass is 453 g/mol. The van der Waals surface area contributed by atoms with Gasteiger partial charge in [0.1, 0.15) is 17.6 Å². The molecule has 6 rings (SSSR count). The maximum atomic E-state index is 13.5. The normalized spacial score (nSPS) is 18.5. The molecular formula is C22H18F3N7O. The highest BCUT2D eigenvalue weighted by Crippen LogP contribution is 2.38. The summed E-state index contributed by atoms with van der Waals surface area (Å²) in [6, 6.07) is 3.26. The summed E-state index contributed by atoms with van der Waals surface area (Å²) in [7, 11) is 0. The van der Waals surface area contributed by atoms with Crippen LogP contribution < -0.4 is 4.90 Å². The topological polar surface area (TPSA) is 92.1 Å². The maximum absolute atomic E-state index is 13.5. The maximum Gasteiger partial charge on any atom is 0.418 e. The summed E-state index contributed by atoms with van der Waals surface area (Å²) in [5, 5.41) is 4.46. The van der Waals surface area contributed by atoms with E-state index in [0.717, 1.165) is 24.6 Å². The van der Waals surface area contributed by atoms with E-state index in [1.165, 1.54) is 35.2 Å². The second-order valence-electron chi connectivity index (χ2n) is 8.33. The first-order chi connectivity index (χ1) is 15.9. The van der Waals surface area contributed by atoms with Gasteiger partial charge in [-0.1, -0.05) is 0 Å². The number of ketones is 1. The molecule has 2 aliphatic rings. The molecule has 11 heteroatoms. The molecule has 1 unspecified atom stereocenters. The second-order valence-corrected chi connectivity index (χ2v) is 8.33. The lowest BCUT2D eigenvalue weighted by Gasteiger charge is -2.34. The van der Waals surface area contributed by atoms with Crippen LogP contribution in [0.25, 0.3) is 5.52 Å². The van der Waals surface area contributed by atoms with Gasteiger partial charge in [-0.25, -0.2) is 19.5 Å². The van der Waals surface area contributed by atoms with Gasteiger partial charge in [-0.2, -0.15) is 18.3 Å². The molecule has 0 amide bonds. The van der Waals surface area contributed by atoms with Crippen molar-refractivity contribution in [3.05, 3.63) is 71.5 Å². The number of carbonyl (C=O) groups excluding carboxylic acids is 1. The second kappa shape index (κ2) is 7.12. The van der Waals surface area contributed by atoms with Gasteiger partial charge < -0.3 is 9.88 Å². The molecule has 0 spiro atoms. The van der Waals surface area contributed by atoms with Crippen LogP contribution in [0.3, 0.4) is 0 Å². The van der Waals surface area contributed by atoms with E-state index in [-0.39, 0.29) is 17.2 Å². The number of alkyl halides is 3. The Morgan fingerprint density at radius 2 is 2.00 bits per heavy atom. The number of H-pyrrole nitrogens is 1. The van der Waals surface area contributed by atoms with Crippen LogP contribution in [-0.4, -0.2) is 41.9 Å². The van der Waals surface area contributed by atoms with Crippen molar-refractivity contribution in [3.63, 3.8) is 0 Å². The molecule has 0 bridgehead atoms. The fourth-order valence-electron chi connectivity index (χ4n) is 4.38. The Hall–Kier alpha value is -3.76. The molecule has 0 aromatic carbocycles. The van der Waals surface area contributed by atoms with Gasteiger partial charge in [0.25, 0.3) is 0 Å². The lowest BCUT2D eigenvalue weighted by molar-refractivity contribution is -0.136. The van der Waals surface area contributed by atoms with E-state index in [9.17, 15) is 18.0 Å². The number of halogens is 3. The highest BCUT2D eigenvalue weighted by atomic mass is 19.4. The predicted molar refractivity (Wildman–Crippen MR) is 111 cm³/mol. The summed E-state index contributed by atoms with van der Waals surface area (Å²) in [5.74, 6) is 0.549. The van der Waals surface area contributed by atoms with E-state index >= 15 is 0 Å². The molecule has 4 aromatic rings. The van der Waals surface area contributed by atoms with Crippen molar-refractivity contribution in [2.45, 2.75) is 31.5 Å². The van der Waals surface area contributed by atoms with Gasteiger partial charge in [-0.15, -0.1) is 0 Å². The number of Topliss-reactive ketones (excluding diaryl/α,β-unsaturated/α-hetero) is 1. The average Bonchev–Trinajstić information content (AvgIpc) is 3.38.